The number of hydrogen-bond donors (Lipinski definition) is 1. The molecule has 0 saturated carbocycles. The van der Waals surface area contributed by atoms with E-state index in [0.29, 0.717) is 5.92 Å². The molecule has 0 aliphatic carbocycles. The summed E-state index contributed by atoms with van der Waals surface area (Å²) in [5.41, 5.74) is 7.87. The van der Waals surface area contributed by atoms with Crippen LogP contribution < -0.4 is 0 Å². The number of allylic oxidation sites excluding steroid dienone is 2. The Morgan fingerprint density at radius 1 is 0.904 bits per heavy atom. The number of ketones is 1. The molecule has 6 aromatic rings. The standard InChI is InChI=1S/C33H30NOS.C13H24O2.Ir/c1-20(2)14-24-19-35-31-17-22(10-11-26(24)31)28-18-30(34-32-27(28)12-13-36-32)23-15-21-8-6-7-9-25(21)29(16-23)33(3,4)5;1-5-10(6-2)12(14)9-13(15)11(7-3)8-4;/h6-13,16-20H,14H2,1-5H3;9-11,14H,5-8H2,1-4H3;/q-1;;/b;12-9-;. The Kier molecular flexibility index (Phi) is 14.2. The Morgan fingerprint density at radius 2 is 1.60 bits per heavy atom. The van der Waals surface area contributed by atoms with Gasteiger partial charge in [0.15, 0.2) is 5.78 Å². The first-order valence-corrected chi connectivity index (χ1v) is 19.5. The monoisotopic (exact) mass is 893 g/mol. The quantitative estimate of drug-likeness (QED) is 0.0800. The van der Waals surface area contributed by atoms with E-state index in [1.807, 2.05) is 34.0 Å². The zero-order chi connectivity index (χ0) is 36.9. The molecule has 3 heterocycles. The van der Waals surface area contributed by atoms with Gasteiger partial charge in [0.25, 0.3) is 0 Å². The average molecular weight is 893 g/mol. The molecule has 0 fully saturated rings. The van der Waals surface area contributed by atoms with Crippen molar-refractivity contribution in [2.45, 2.75) is 99.8 Å². The summed E-state index contributed by atoms with van der Waals surface area (Å²) in [5.74, 6) is 1.14. The van der Waals surface area contributed by atoms with E-state index in [-0.39, 0.29) is 48.9 Å². The van der Waals surface area contributed by atoms with Crippen LogP contribution in [0.5, 0.6) is 0 Å². The van der Waals surface area contributed by atoms with Gasteiger partial charge in [-0.15, -0.1) is 40.5 Å². The van der Waals surface area contributed by atoms with Crippen molar-refractivity contribution >= 4 is 49.1 Å². The molecule has 0 unspecified atom stereocenters. The second-order valence-electron chi connectivity index (χ2n) is 15.2. The van der Waals surface area contributed by atoms with Crippen LogP contribution in [0, 0.1) is 23.8 Å². The fourth-order valence-corrected chi connectivity index (χ4v) is 7.73. The van der Waals surface area contributed by atoms with E-state index in [1.165, 1.54) is 38.9 Å². The topological polar surface area (TPSA) is 63.3 Å². The molecule has 3 aromatic carbocycles. The first kappa shape index (κ1) is 41.2. The van der Waals surface area contributed by atoms with Crippen LogP contribution in [0.25, 0.3) is 54.3 Å². The number of rotatable bonds is 11. The summed E-state index contributed by atoms with van der Waals surface area (Å²) in [5, 5.41) is 16.7. The van der Waals surface area contributed by atoms with Crippen molar-refractivity contribution in [3.63, 3.8) is 0 Å². The van der Waals surface area contributed by atoms with E-state index in [4.69, 9.17) is 9.40 Å². The SMILES string of the molecule is CC(C)Cc1coc2cc(-c3cc(-c4[c-]c5ccccc5c(C(C)(C)C)c4)nc4sccc34)ccc12.CCC(CC)C(=O)/C=C(\O)C(CC)CC.[Ir]. The minimum atomic E-state index is 0. The summed E-state index contributed by atoms with van der Waals surface area (Å²) in [7, 11) is 0. The van der Waals surface area contributed by atoms with Crippen molar-refractivity contribution in [1.29, 1.82) is 0 Å². The predicted octanol–water partition coefficient (Wildman–Crippen LogP) is 13.7. The van der Waals surface area contributed by atoms with Crippen LogP contribution in [0.15, 0.2) is 88.6 Å². The van der Waals surface area contributed by atoms with Crippen LogP contribution in [0.2, 0.25) is 0 Å². The van der Waals surface area contributed by atoms with Gasteiger partial charge in [-0.2, -0.15) is 0 Å². The third-order valence-corrected chi connectivity index (χ3v) is 10.8. The number of thiophene rings is 1. The molecule has 6 rings (SSSR count). The fraction of sp³-hybridized carbons (Fsp3) is 0.391. The van der Waals surface area contributed by atoms with Crippen molar-refractivity contribution in [3.8, 4) is 22.4 Å². The molecule has 6 heteroatoms. The zero-order valence-electron chi connectivity index (χ0n) is 32.2. The van der Waals surface area contributed by atoms with Gasteiger partial charge in [-0.25, -0.2) is 0 Å². The Morgan fingerprint density at radius 3 is 2.25 bits per heavy atom. The maximum absolute atomic E-state index is 11.7. The maximum atomic E-state index is 11.7. The number of fused-ring (bicyclic) bond motifs is 3. The second kappa shape index (κ2) is 18.0. The Balaban J connectivity index is 0.000000323. The number of nitrogens with zero attached hydrogens (tertiary/aromatic N) is 1. The number of aliphatic hydroxyl groups excluding tert-OH is 1. The third kappa shape index (κ3) is 9.31. The summed E-state index contributed by atoms with van der Waals surface area (Å²) in [6.45, 7) is 19.4. The minimum Gasteiger partial charge on any atom is -0.512 e. The Hall–Kier alpha value is -3.57. The van der Waals surface area contributed by atoms with Gasteiger partial charge in [-0.3, -0.25) is 9.78 Å². The summed E-state index contributed by atoms with van der Waals surface area (Å²) < 4.78 is 6.00. The van der Waals surface area contributed by atoms with Gasteiger partial charge in [-0.05, 0) is 77.6 Å². The molecule has 0 amide bonds. The van der Waals surface area contributed by atoms with Gasteiger partial charge in [0.05, 0.1) is 12.0 Å². The van der Waals surface area contributed by atoms with E-state index >= 15 is 0 Å². The number of carbonyl (C=O) groups excluding carboxylic acids is 1. The zero-order valence-corrected chi connectivity index (χ0v) is 35.4. The molecule has 277 valence electrons. The van der Waals surface area contributed by atoms with Crippen molar-refractivity contribution < 1.29 is 34.4 Å². The molecular formula is C46H54IrNO3S-. The van der Waals surface area contributed by atoms with Gasteiger partial charge in [0.2, 0.25) is 0 Å². The Bertz CT molecular complexity index is 2140. The van der Waals surface area contributed by atoms with E-state index < -0.39 is 0 Å². The number of aromatic nitrogens is 1. The number of pyridine rings is 1. The van der Waals surface area contributed by atoms with Crippen LogP contribution >= 0.6 is 11.3 Å². The normalized spacial score (nSPS) is 12.2. The number of benzene rings is 3. The van der Waals surface area contributed by atoms with Crippen molar-refractivity contribution in [3.05, 3.63) is 101 Å². The first-order valence-electron chi connectivity index (χ1n) is 18.7. The number of hydrogen-bond acceptors (Lipinski definition) is 5. The van der Waals surface area contributed by atoms with E-state index in [0.717, 1.165) is 64.7 Å². The minimum absolute atomic E-state index is 0. The smallest absolute Gasteiger partial charge is 0.162 e. The fourth-order valence-electron chi connectivity index (χ4n) is 6.94. The molecule has 0 aliphatic rings. The van der Waals surface area contributed by atoms with Gasteiger partial charge in [-0.1, -0.05) is 110 Å². The molecule has 0 saturated heterocycles. The number of aliphatic hydroxyl groups is 1. The van der Waals surface area contributed by atoms with E-state index in [2.05, 4.69) is 107 Å². The molecule has 1 N–H and O–H groups in total. The molecule has 0 aliphatic heterocycles. The van der Waals surface area contributed by atoms with Crippen LogP contribution in [0.1, 0.15) is 99.1 Å². The largest absolute Gasteiger partial charge is 0.512 e. The van der Waals surface area contributed by atoms with E-state index in [9.17, 15) is 9.90 Å². The molecule has 52 heavy (non-hydrogen) atoms. The van der Waals surface area contributed by atoms with Crippen molar-refractivity contribution in [2.24, 2.45) is 17.8 Å². The van der Waals surface area contributed by atoms with Gasteiger partial charge >= 0.3 is 0 Å². The summed E-state index contributed by atoms with van der Waals surface area (Å²) in [6.07, 6.45) is 7.85. The van der Waals surface area contributed by atoms with Gasteiger partial charge < -0.3 is 9.52 Å². The number of furan rings is 1. The van der Waals surface area contributed by atoms with Crippen LogP contribution in [-0.4, -0.2) is 15.9 Å². The molecule has 1 radical (unpaired) electrons. The molecule has 0 atom stereocenters. The molecular weight excluding hydrogens is 839 g/mol. The third-order valence-electron chi connectivity index (χ3n) is 9.97. The van der Waals surface area contributed by atoms with Crippen molar-refractivity contribution in [2.75, 3.05) is 0 Å². The average Bonchev–Trinajstić information content (AvgIpc) is 3.75. The summed E-state index contributed by atoms with van der Waals surface area (Å²) in [6, 6.07) is 25.5. The van der Waals surface area contributed by atoms with Crippen LogP contribution in [-0.2, 0) is 36.7 Å². The summed E-state index contributed by atoms with van der Waals surface area (Å²) in [4.78, 5) is 17.8. The molecule has 0 bridgehead atoms. The van der Waals surface area contributed by atoms with Gasteiger partial charge in [0, 0.05) is 54.5 Å². The van der Waals surface area contributed by atoms with Crippen LogP contribution in [0.4, 0.5) is 0 Å². The van der Waals surface area contributed by atoms with Crippen molar-refractivity contribution in [1.82, 2.24) is 4.98 Å². The second-order valence-corrected chi connectivity index (χ2v) is 16.0. The van der Waals surface area contributed by atoms with Crippen LogP contribution in [0.3, 0.4) is 0 Å². The molecule has 0 spiro atoms. The Labute approximate surface area is 328 Å². The van der Waals surface area contributed by atoms with E-state index in [1.54, 1.807) is 11.3 Å². The maximum Gasteiger partial charge on any atom is 0.162 e. The first-order chi connectivity index (χ1) is 24.4. The molecule has 3 aromatic heterocycles. The molecule has 4 nitrogen and oxygen atoms in total. The summed E-state index contributed by atoms with van der Waals surface area (Å²) >= 11 is 1.68. The van der Waals surface area contributed by atoms with Gasteiger partial charge in [0.1, 0.15) is 10.4 Å². The number of carbonyl (C=O) groups is 1. The predicted molar refractivity (Wildman–Crippen MR) is 218 cm³/mol.